The number of carbonyl (C=O) groups is 2. The van der Waals surface area contributed by atoms with E-state index in [9.17, 15) is 9.59 Å². The maximum absolute atomic E-state index is 12.6. The van der Waals surface area contributed by atoms with Gasteiger partial charge in [-0.25, -0.2) is 4.98 Å². The van der Waals surface area contributed by atoms with Crippen LogP contribution in [0.3, 0.4) is 0 Å². The number of amides is 2. The van der Waals surface area contributed by atoms with Gasteiger partial charge in [-0.05, 0) is 35.6 Å². The summed E-state index contributed by atoms with van der Waals surface area (Å²) in [6.07, 6.45) is 1.19. The fourth-order valence-corrected chi connectivity index (χ4v) is 4.53. The predicted molar refractivity (Wildman–Crippen MR) is 104 cm³/mol. The molecule has 0 fully saturated rings. The molecule has 7 heteroatoms. The van der Waals surface area contributed by atoms with Gasteiger partial charge in [-0.15, -0.1) is 22.7 Å². The second kappa shape index (κ2) is 7.39. The minimum Gasteiger partial charge on any atom is -0.338 e. The average Bonchev–Trinajstić information content (AvgIpc) is 3.31. The van der Waals surface area contributed by atoms with E-state index in [-0.39, 0.29) is 18.2 Å². The van der Waals surface area contributed by atoms with Crippen LogP contribution in [-0.2, 0) is 24.2 Å². The normalized spacial score (nSPS) is 13.3. The van der Waals surface area contributed by atoms with Crippen molar-refractivity contribution in [3.05, 3.63) is 68.9 Å². The average molecular weight is 383 g/mol. The van der Waals surface area contributed by atoms with Gasteiger partial charge in [0.2, 0.25) is 5.91 Å². The first kappa shape index (κ1) is 16.9. The molecule has 0 saturated heterocycles. The number of nitrogens with one attached hydrogen (secondary N) is 1. The molecule has 0 aliphatic carbocycles. The quantitative estimate of drug-likeness (QED) is 0.749. The Kier molecular flexibility index (Phi) is 4.81. The van der Waals surface area contributed by atoms with Gasteiger partial charge in [0, 0.05) is 28.9 Å². The van der Waals surface area contributed by atoms with Gasteiger partial charge in [0.1, 0.15) is 0 Å². The van der Waals surface area contributed by atoms with Crippen LogP contribution in [0, 0.1) is 0 Å². The van der Waals surface area contributed by atoms with Crippen LogP contribution in [0.25, 0.3) is 0 Å². The summed E-state index contributed by atoms with van der Waals surface area (Å²) >= 11 is 3.10. The van der Waals surface area contributed by atoms with Crippen molar-refractivity contribution in [3.8, 4) is 0 Å². The Morgan fingerprint density at radius 2 is 2.00 bits per heavy atom. The molecular weight excluding hydrogens is 366 g/mol. The van der Waals surface area contributed by atoms with Crippen LogP contribution < -0.4 is 5.32 Å². The summed E-state index contributed by atoms with van der Waals surface area (Å²) in [5, 5.41) is 7.22. The Bertz CT molecular complexity index is 933. The number of fused-ring (bicyclic) bond motifs is 1. The van der Waals surface area contributed by atoms with Crippen molar-refractivity contribution in [2.75, 3.05) is 11.9 Å². The van der Waals surface area contributed by atoms with Crippen molar-refractivity contribution in [2.24, 2.45) is 0 Å². The van der Waals surface area contributed by atoms with Crippen molar-refractivity contribution in [1.29, 1.82) is 0 Å². The Morgan fingerprint density at radius 3 is 2.85 bits per heavy atom. The molecular formula is C19H17N3O2S2. The summed E-state index contributed by atoms with van der Waals surface area (Å²) < 4.78 is 0. The van der Waals surface area contributed by atoms with E-state index in [4.69, 9.17) is 0 Å². The number of anilines is 1. The molecule has 0 spiro atoms. The topological polar surface area (TPSA) is 62.3 Å². The molecule has 1 aliphatic rings. The first-order valence-corrected chi connectivity index (χ1v) is 10.1. The number of rotatable bonds is 4. The minimum absolute atomic E-state index is 0.0769. The van der Waals surface area contributed by atoms with Crippen molar-refractivity contribution in [1.82, 2.24) is 9.88 Å². The highest BCUT2D eigenvalue weighted by Crippen LogP contribution is 2.25. The minimum atomic E-state index is -0.196. The third-order valence-electron chi connectivity index (χ3n) is 4.30. The number of benzene rings is 1. The summed E-state index contributed by atoms with van der Waals surface area (Å²) in [5.41, 5.74) is 2.53. The SMILES string of the molecule is O=C(Nc1nc(CC(=O)N2CCc3sccc3C2)cs1)c1ccccc1. The molecule has 1 aliphatic heterocycles. The highest BCUT2D eigenvalue weighted by molar-refractivity contribution is 7.14. The van der Waals surface area contributed by atoms with E-state index in [1.54, 1.807) is 23.5 Å². The lowest BCUT2D eigenvalue weighted by Crippen LogP contribution is -2.36. The van der Waals surface area contributed by atoms with E-state index in [1.165, 1.54) is 21.8 Å². The number of carbonyl (C=O) groups excluding carboxylic acids is 2. The summed E-state index contributed by atoms with van der Waals surface area (Å²) in [6, 6.07) is 11.1. The van der Waals surface area contributed by atoms with Crippen LogP contribution in [0.1, 0.15) is 26.5 Å². The first-order chi connectivity index (χ1) is 12.7. The maximum Gasteiger partial charge on any atom is 0.257 e. The number of nitrogens with zero attached hydrogens (tertiary/aromatic N) is 2. The molecule has 2 amide bonds. The van der Waals surface area contributed by atoms with E-state index < -0.39 is 0 Å². The number of hydrogen-bond donors (Lipinski definition) is 1. The van der Waals surface area contributed by atoms with E-state index in [2.05, 4.69) is 21.7 Å². The molecule has 0 unspecified atom stereocenters. The predicted octanol–water partition coefficient (Wildman–Crippen LogP) is 3.58. The highest BCUT2D eigenvalue weighted by Gasteiger charge is 2.22. The molecule has 26 heavy (non-hydrogen) atoms. The van der Waals surface area contributed by atoms with Crippen molar-refractivity contribution in [3.63, 3.8) is 0 Å². The molecule has 0 bridgehead atoms. The molecule has 5 nitrogen and oxygen atoms in total. The van der Waals surface area contributed by atoms with Gasteiger partial charge in [-0.3, -0.25) is 14.9 Å². The zero-order valence-electron chi connectivity index (χ0n) is 14.0. The van der Waals surface area contributed by atoms with Gasteiger partial charge < -0.3 is 4.90 Å². The van der Waals surface area contributed by atoms with Crippen LogP contribution in [0.15, 0.2) is 47.2 Å². The highest BCUT2D eigenvalue weighted by atomic mass is 32.1. The van der Waals surface area contributed by atoms with Crippen molar-refractivity contribution in [2.45, 2.75) is 19.4 Å². The second-order valence-electron chi connectivity index (χ2n) is 6.08. The van der Waals surface area contributed by atoms with E-state index in [1.807, 2.05) is 28.5 Å². The summed E-state index contributed by atoms with van der Waals surface area (Å²) in [4.78, 5) is 32.4. The van der Waals surface area contributed by atoms with Gasteiger partial charge >= 0.3 is 0 Å². The number of thiophene rings is 1. The molecule has 4 rings (SSSR count). The van der Waals surface area contributed by atoms with E-state index >= 15 is 0 Å². The first-order valence-electron chi connectivity index (χ1n) is 8.33. The van der Waals surface area contributed by atoms with E-state index in [0.29, 0.717) is 22.9 Å². The fourth-order valence-electron chi connectivity index (χ4n) is 2.93. The lowest BCUT2D eigenvalue weighted by atomic mass is 10.1. The summed E-state index contributed by atoms with van der Waals surface area (Å²) in [5.74, 6) is -0.119. The molecule has 0 atom stereocenters. The zero-order valence-corrected chi connectivity index (χ0v) is 15.6. The van der Waals surface area contributed by atoms with Crippen LogP contribution >= 0.6 is 22.7 Å². The molecule has 3 aromatic rings. The Labute approximate surface area is 159 Å². The lowest BCUT2D eigenvalue weighted by Gasteiger charge is -2.26. The summed E-state index contributed by atoms with van der Waals surface area (Å²) in [6.45, 7) is 1.44. The molecule has 0 saturated carbocycles. The number of hydrogen-bond acceptors (Lipinski definition) is 5. The summed E-state index contributed by atoms with van der Waals surface area (Å²) in [7, 11) is 0. The molecule has 1 N–H and O–H groups in total. The van der Waals surface area contributed by atoms with Gasteiger partial charge in [-0.2, -0.15) is 0 Å². The van der Waals surface area contributed by atoms with Crippen molar-refractivity contribution < 1.29 is 9.59 Å². The smallest absolute Gasteiger partial charge is 0.257 e. The number of aromatic nitrogens is 1. The number of thiazole rings is 1. The molecule has 2 aromatic heterocycles. The lowest BCUT2D eigenvalue weighted by molar-refractivity contribution is -0.131. The van der Waals surface area contributed by atoms with Gasteiger partial charge in [0.15, 0.2) is 5.13 Å². The Hall–Kier alpha value is -2.51. The second-order valence-corrected chi connectivity index (χ2v) is 7.93. The monoisotopic (exact) mass is 383 g/mol. The standard InChI is InChI=1S/C19H17N3O2S2/c23-17(22-8-6-16-14(11-22)7-9-25-16)10-15-12-26-19(20-15)21-18(24)13-4-2-1-3-5-13/h1-5,7,9,12H,6,8,10-11H2,(H,20,21,24). The van der Waals surface area contributed by atoms with E-state index in [0.717, 1.165) is 13.0 Å². The van der Waals surface area contributed by atoms with Crippen LogP contribution in [0.2, 0.25) is 0 Å². The van der Waals surface area contributed by atoms with Crippen molar-refractivity contribution >= 4 is 39.6 Å². The van der Waals surface area contributed by atoms with Gasteiger partial charge in [0.05, 0.1) is 12.1 Å². The van der Waals surface area contributed by atoms with Crippen LogP contribution in [0.4, 0.5) is 5.13 Å². The largest absolute Gasteiger partial charge is 0.338 e. The maximum atomic E-state index is 12.6. The molecule has 3 heterocycles. The third kappa shape index (κ3) is 3.68. The Balaban J connectivity index is 1.36. The molecule has 0 radical (unpaired) electrons. The van der Waals surface area contributed by atoms with Gasteiger partial charge in [0.25, 0.3) is 5.91 Å². The van der Waals surface area contributed by atoms with Gasteiger partial charge in [-0.1, -0.05) is 18.2 Å². The Morgan fingerprint density at radius 1 is 1.15 bits per heavy atom. The fraction of sp³-hybridized carbons (Fsp3) is 0.211. The molecule has 132 valence electrons. The third-order valence-corrected chi connectivity index (χ3v) is 6.13. The zero-order chi connectivity index (χ0) is 17.9. The molecule has 1 aromatic carbocycles. The van der Waals surface area contributed by atoms with Crippen LogP contribution in [-0.4, -0.2) is 28.2 Å². The van der Waals surface area contributed by atoms with Crippen LogP contribution in [0.5, 0.6) is 0 Å².